The molecule has 0 saturated heterocycles. The Kier molecular flexibility index (Phi) is 6.42. The van der Waals surface area contributed by atoms with Gasteiger partial charge in [-0.3, -0.25) is 4.79 Å². The third-order valence-electron chi connectivity index (χ3n) is 6.63. The fourth-order valence-corrected chi connectivity index (χ4v) is 5.32. The lowest BCUT2D eigenvalue weighted by Gasteiger charge is -2.32. The zero-order valence-corrected chi connectivity index (χ0v) is 20.7. The minimum Gasteiger partial charge on any atom is -0.465 e. The van der Waals surface area contributed by atoms with Gasteiger partial charge in [0.2, 0.25) is 0 Å². The number of hydrogen-bond acceptors (Lipinski definition) is 3. The number of methoxy groups -OCH3 is 1. The summed E-state index contributed by atoms with van der Waals surface area (Å²) >= 11 is 3.49. The maximum atomic E-state index is 13.6. The highest BCUT2D eigenvalue weighted by atomic mass is 79.9. The average Bonchev–Trinajstić information content (AvgIpc) is 3.20. The molecule has 5 nitrogen and oxygen atoms in total. The van der Waals surface area contributed by atoms with Gasteiger partial charge in [-0.2, -0.15) is 0 Å². The highest BCUT2D eigenvalue weighted by molar-refractivity contribution is 9.10. The molecular formula is C26H29BrN2O3. The number of hydrogen-bond donors (Lipinski definition) is 0. The first-order valence-corrected chi connectivity index (χ1v) is 11.9. The Bertz CT molecular complexity index is 1120. The lowest BCUT2D eigenvalue weighted by molar-refractivity contribution is -0.136. The normalized spacial score (nSPS) is 18.7. The van der Waals surface area contributed by atoms with Crippen LogP contribution in [0.25, 0.3) is 11.8 Å². The van der Waals surface area contributed by atoms with Crippen LogP contribution in [0, 0.1) is 13.8 Å². The third-order valence-corrected chi connectivity index (χ3v) is 7.15. The summed E-state index contributed by atoms with van der Waals surface area (Å²) in [6.07, 6.45) is 7.24. The number of esters is 1. The molecule has 4 rings (SSSR count). The molecule has 2 aromatic rings. The Morgan fingerprint density at radius 2 is 1.75 bits per heavy atom. The molecule has 0 spiro atoms. The van der Waals surface area contributed by atoms with Gasteiger partial charge in [0.1, 0.15) is 0 Å². The standard InChI is InChI=1S/C26H29BrN2O3/c1-16-14-19(17(2)28(16)22-12-10-20(27)11-13-22)15-23-24(26(31)32-4)18(3)29(25(23)30)21-8-6-5-7-9-21/h10-15,21H,5-9H2,1-4H3/b23-15-. The molecule has 2 aliphatic rings. The van der Waals surface area contributed by atoms with E-state index in [1.807, 2.05) is 43.9 Å². The molecule has 168 valence electrons. The average molecular weight is 497 g/mol. The van der Waals surface area contributed by atoms with Crippen molar-refractivity contribution in [3.8, 4) is 5.69 Å². The Balaban J connectivity index is 1.78. The number of rotatable bonds is 4. The number of nitrogens with zero attached hydrogens (tertiary/aromatic N) is 2. The van der Waals surface area contributed by atoms with Crippen molar-refractivity contribution in [1.29, 1.82) is 0 Å². The number of aryl methyl sites for hydroxylation is 1. The Morgan fingerprint density at radius 3 is 2.38 bits per heavy atom. The van der Waals surface area contributed by atoms with Gasteiger partial charge in [-0.25, -0.2) is 4.79 Å². The fraction of sp³-hybridized carbons (Fsp3) is 0.385. The van der Waals surface area contributed by atoms with Gasteiger partial charge < -0.3 is 14.2 Å². The van der Waals surface area contributed by atoms with E-state index in [2.05, 4.69) is 38.7 Å². The van der Waals surface area contributed by atoms with Crippen LogP contribution in [0.1, 0.15) is 56.0 Å². The monoisotopic (exact) mass is 496 g/mol. The van der Waals surface area contributed by atoms with E-state index >= 15 is 0 Å². The second kappa shape index (κ2) is 9.10. The van der Waals surface area contributed by atoms with E-state index in [0.29, 0.717) is 16.8 Å². The van der Waals surface area contributed by atoms with Crippen molar-refractivity contribution in [1.82, 2.24) is 9.47 Å². The Hall–Kier alpha value is -2.60. The zero-order valence-electron chi connectivity index (χ0n) is 19.1. The summed E-state index contributed by atoms with van der Waals surface area (Å²) in [5.41, 5.74) is 5.58. The maximum absolute atomic E-state index is 13.6. The van der Waals surface area contributed by atoms with Gasteiger partial charge in [-0.05, 0) is 75.6 Å². The summed E-state index contributed by atoms with van der Waals surface area (Å²) in [6.45, 7) is 5.95. The molecule has 0 atom stereocenters. The number of halogens is 1. The highest BCUT2D eigenvalue weighted by Gasteiger charge is 2.40. The first-order valence-electron chi connectivity index (χ1n) is 11.1. The zero-order chi connectivity index (χ0) is 23.0. The van der Waals surface area contributed by atoms with E-state index in [9.17, 15) is 9.59 Å². The van der Waals surface area contributed by atoms with Crippen LogP contribution in [-0.2, 0) is 14.3 Å². The van der Waals surface area contributed by atoms with E-state index < -0.39 is 5.97 Å². The summed E-state index contributed by atoms with van der Waals surface area (Å²) in [5.74, 6) is -0.551. The minimum absolute atomic E-state index is 0.0942. The molecule has 1 fully saturated rings. The number of carbonyl (C=O) groups is 2. The van der Waals surface area contributed by atoms with E-state index in [1.54, 1.807) is 0 Å². The SMILES string of the molecule is COC(=O)C1=C(C)N(C2CCCCC2)C(=O)/C1=C\c1cc(C)n(-c2ccc(Br)cc2)c1C. The number of carbonyl (C=O) groups excluding carboxylic acids is 2. The molecule has 2 heterocycles. The summed E-state index contributed by atoms with van der Waals surface area (Å²) < 4.78 is 8.25. The van der Waals surface area contributed by atoms with Gasteiger partial charge in [-0.15, -0.1) is 0 Å². The molecule has 0 radical (unpaired) electrons. The van der Waals surface area contributed by atoms with Crippen molar-refractivity contribution >= 4 is 33.9 Å². The van der Waals surface area contributed by atoms with E-state index in [4.69, 9.17) is 4.74 Å². The van der Waals surface area contributed by atoms with Crippen molar-refractivity contribution in [2.24, 2.45) is 0 Å². The molecule has 0 N–H and O–H groups in total. The molecule has 1 aromatic carbocycles. The Morgan fingerprint density at radius 1 is 1.09 bits per heavy atom. The first-order chi connectivity index (χ1) is 15.3. The summed E-state index contributed by atoms with van der Waals surface area (Å²) in [4.78, 5) is 28.1. The summed E-state index contributed by atoms with van der Waals surface area (Å²) in [7, 11) is 1.37. The molecule has 1 amide bonds. The van der Waals surface area contributed by atoms with Gasteiger partial charge in [0, 0.05) is 33.3 Å². The molecule has 1 aromatic heterocycles. The molecular weight excluding hydrogens is 468 g/mol. The van der Waals surface area contributed by atoms with Gasteiger partial charge in [-0.1, -0.05) is 35.2 Å². The second-order valence-electron chi connectivity index (χ2n) is 8.62. The molecule has 1 aliphatic heterocycles. The molecule has 0 unspecified atom stereocenters. The van der Waals surface area contributed by atoms with Crippen LogP contribution in [-0.4, -0.2) is 34.5 Å². The van der Waals surface area contributed by atoms with Crippen molar-refractivity contribution in [2.45, 2.75) is 58.9 Å². The maximum Gasteiger partial charge on any atom is 0.340 e. The highest BCUT2D eigenvalue weighted by Crippen LogP contribution is 2.37. The third kappa shape index (κ3) is 3.96. The largest absolute Gasteiger partial charge is 0.465 e. The first kappa shape index (κ1) is 22.6. The van der Waals surface area contributed by atoms with Crippen LogP contribution in [0.4, 0.5) is 0 Å². The minimum atomic E-state index is -0.456. The van der Waals surface area contributed by atoms with E-state index in [-0.39, 0.29) is 11.9 Å². The quantitative estimate of drug-likeness (QED) is 0.393. The number of allylic oxidation sites excluding steroid dienone is 1. The number of aromatic nitrogens is 1. The molecule has 6 heteroatoms. The van der Waals surface area contributed by atoms with Crippen molar-refractivity contribution in [2.75, 3.05) is 7.11 Å². The van der Waals surface area contributed by atoms with Crippen molar-refractivity contribution in [3.63, 3.8) is 0 Å². The molecule has 1 saturated carbocycles. The topological polar surface area (TPSA) is 51.5 Å². The van der Waals surface area contributed by atoms with Crippen molar-refractivity contribution in [3.05, 3.63) is 68.6 Å². The van der Waals surface area contributed by atoms with Gasteiger partial charge in [0.25, 0.3) is 5.91 Å². The van der Waals surface area contributed by atoms with Crippen LogP contribution in [0.5, 0.6) is 0 Å². The van der Waals surface area contributed by atoms with Crippen LogP contribution < -0.4 is 0 Å². The van der Waals surface area contributed by atoms with Crippen LogP contribution >= 0.6 is 15.9 Å². The number of amides is 1. The number of benzene rings is 1. The van der Waals surface area contributed by atoms with Gasteiger partial charge in [0.15, 0.2) is 0 Å². The second-order valence-corrected chi connectivity index (χ2v) is 9.53. The molecule has 1 aliphatic carbocycles. The van der Waals surface area contributed by atoms with Crippen molar-refractivity contribution < 1.29 is 14.3 Å². The van der Waals surface area contributed by atoms with E-state index in [0.717, 1.165) is 52.8 Å². The summed E-state index contributed by atoms with van der Waals surface area (Å²) in [5, 5.41) is 0. The predicted molar refractivity (Wildman–Crippen MR) is 129 cm³/mol. The van der Waals surface area contributed by atoms with Crippen LogP contribution in [0.3, 0.4) is 0 Å². The smallest absolute Gasteiger partial charge is 0.340 e. The van der Waals surface area contributed by atoms with Crippen LogP contribution in [0.15, 0.2) is 51.6 Å². The van der Waals surface area contributed by atoms with Crippen LogP contribution in [0.2, 0.25) is 0 Å². The fourth-order valence-electron chi connectivity index (χ4n) is 5.05. The summed E-state index contributed by atoms with van der Waals surface area (Å²) in [6, 6.07) is 10.3. The lowest BCUT2D eigenvalue weighted by atomic mass is 9.94. The predicted octanol–water partition coefficient (Wildman–Crippen LogP) is 5.86. The molecule has 0 bridgehead atoms. The number of ether oxygens (including phenoxy) is 1. The lowest BCUT2D eigenvalue weighted by Crippen LogP contribution is -2.37. The Labute approximate surface area is 197 Å². The van der Waals surface area contributed by atoms with E-state index in [1.165, 1.54) is 13.5 Å². The van der Waals surface area contributed by atoms with Gasteiger partial charge in [0.05, 0.1) is 18.3 Å². The molecule has 32 heavy (non-hydrogen) atoms. The van der Waals surface area contributed by atoms with Gasteiger partial charge >= 0.3 is 5.97 Å².